The van der Waals surface area contributed by atoms with Crippen molar-refractivity contribution in [2.24, 2.45) is 0 Å². The van der Waals surface area contributed by atoms with Gasteiger partial charge in [-0.2, -0.15) is 0 Å². The van der Waals surface area contributed by atoms with E-state index >= 15 is 0 Å². The Morgan fingerprint density at radius 1 is 1.33 bits per heavy atom. The molecule has 1 atom stereocenters. The third kappa shape index (κ3) is 6.99. The molecular weight excluding hydrogens is 268 g/mol. The fourth-order valence-electron chi connectivity index (χ4n) is 2.09. The van der Waals surface area contributed by atoms with Gasteiger partial charge in [-0.05, 0) is 51.3 Å². The van der Waals surface area contributed by atoms with Gasteiger partial charge in [-0.3, -0.25) is 0 Å². The van der Waals surface area contributed by atoms with Crippen molar-refractivity contribution in [3.63, 3.8) is 0 Å². The number of hydrogen-bond donors (Lipinski definition) is 3. The normalized spacial score (nSPS) is 12.8. The summed E-state index contributed by atoms with van der Waals surface area (Å²) in [6.07, 6.45) is 1.64. The average molecular weight is 294 g/mol. The summed E-state index contributed by atoms with van der Waals surface area (Å²) in [5.74, 6) is 0.258. The summed E-state index contributed by atoms with van der Waals surface area (Å²) in [5, 5.41) is 21.8. The summed E-state index contributed by atoms with van der Waals surface area (Å²) in [5.41, 5.74) is 0.222. The minimum Gasteiger partial charge on any atom is -0.508 e. The Labute approximate surface area is 126 Å². The Kier molecular flexibility index (Phi) is 6.03. The van der Waals surface area contributed by atoms with Crippen LogP contribution in [0.5, 0.6) is 5.75 Å². The molecule has 2 amide bonds. The highest BCUT2D eigenvalue weighted by molar-refractivity contribution is 5.74. The van der Waals surface area contributed by atoms with Gasteiger partial charge in [-0.15, -0.1) is 0 Å². The first-order chi connectivity index (χ1) is 9.67. The Morgan fingerprint density at radius 2 is 1.90 bits per heavy atom. The molecule has 21 heavy (non-hydrogen) atoms. The number of benzene rings is 1. The summed E-state index contributed by atoms with van der Waals surface area (Å²) in [4.78, 5) is 13.4. The van der Waals surface area contributed by atoms with Crippen molar-refractivity contribution in [2.75, 3.05) is 13.6 Å². The van der Waals surface area contributed by atoms with Crippen LogP contribution in [0.4, 0.5) is 4.79 Å². The van der Waals surface area contributed by atoms with Crippen molar-refractivity contribution >= 4 is 6.03 Å². The number of nitrogens with one attached hydrogen (secondary N) is 1. The van der Waals surface area contributed by atoms with Crippen molar-refractivity contribution in [3.05, 3.63) is 29.8 Å². The monoisotopic (exact) mass is 294 g/mol. The highest BCUT2D eigenvalue weighted by atomic mass is 16.3. The van der Waals surface area contributed by atoms with Crippen molar-refractivity contribution in [3.8, 4) is 5.75 Å². The standard InChI is InChI=1S/C16H26N2O3/c1-12(5-6-13-7-9-14(19)10-8-13)17-15(20)18(4)11-16(2,3)21/h7-10,12,19,21H,5-6,11H2,1-4H3,(H,17,20). The van der Waals surface area contributed by atoms with Crippen molar-refractivity contribution < 1.29 is 15.0 Å². The van der Waals surface area contributed by atoms with Gasteiger partial charge < -0.3 is 20.4 Å². The first kappa shape index (κ1) is 17.3. The molecule has 1 aromatic rings. The quantitative estimate of drug-likeness (QED) is 0.752. The Balaban J connectivity index is 2.37. The molecule has 1 aromatic carbocycles. The maximum atomic E-state index is 12.0. The number of aromatic hydroxyl groups is 1. The number of aryl methyl sites for hydroxylation is 1. The molecule has 0 fully saturated rings. The van der Waals surface area contributed by atoms with Crippen molar-refractivity contribution in [1.29, 1.82) is 0 Å². The van der Waals surface area contributed by atoms with E-state index in [1.165, 1.54) is 4.90 Å². The van der Waals surface area contributed by atoms with Gasteiger partial charge in [0.15, 0.2) is 0 Å². The number of likely N-dealkylation sites (N-methyl/N-ethyl adjacent to an activating group) is 1. The fourth-order valence-corrected chi connectivity index (χ4v) is 2.09. The van der Waals surface area contributed by atoms with Gasteiger partial charge in [-0.1, -0.05) is 12.1 Å². The van der Waals surface area contributed by atoms with Gasteiger partial charge in [0.1, 0.15) is 5.75 Å². The van der Waals surface area contributed by atoms with Gasteiger partial charge in [0.05, 0.1) is 12.1 Å². The number of carbonyl (C=O) groups is 1. The largest absolute Gasteiger partial charge is 0.508 e. The zero-order valence-corrected chi connectivity index (χ0v) is 13.3. The van der Waals surface area contributed by atoms with Gasteiger partial charge in [0, 0.05) is 13.1 Å². The van der Waals surface area contributed by atoms with E-state index in [2.05, 4.69) is 5.32 Å². The van der Waals surface area contributed by atoms with E-state index in [-0.39, 0.29) is 24.4 Å². The number of carbonyl (C=O) groups excluding carboxylic acids is 1. The number of hydrogen-bond acceptors (Lipinski definition) is 3. The maximum Gasteiger partial charge on any atom is 0.317 e. The van der Waals surface area contributed by atoms with Gasteiger partial charge in [0.2, 0.25) is 0 Å². The van der Waals surface area contributed by atoms with Crippen LogP contribution in [0.15, 0.2) is 24.3 Å². The lowest BCUT2D eigenvalue weighted by Crippen LogP contribution is -2.47. The molecule has 0 radical (unpaired) electrons. The van der Waals surface area contributed by atoms with E-state index in [0.29, 0.717) is 0 Å². The molecule has 5 nitrogen and oxygen atoms in total. The number of aliphatic hydroxyl groups is 1. The van der Waals surface area contributed by atoms with Crippen LogP contribution in [0.25, 0.3) is 0 Å². The van der Waals surface area contributed by atoms with E-state index in [4.69, 9.17) is 0 Å². The van der Waals surface area contributed by atoms with Crippen LogP contribution in [0.1, 0.15) is 32.8 Å². The molecule has 5 heteroatoms. The second-order valence-electron chi connectivity index (χ2n) is 6.22. The molecule has 1 unspecified atom stereocenters. The summed E-state index contributed by atoms with van der Waals surface area (Å²) >= 11 is 0. The van der Waals surface area contributed by atoms with E-state index in [9.17, 15) is 15.0 Å². The van der Waals surface area contributed by atoms with Crippen LogP contribution in [-0.2, 0) is 6.42 Å². The first-order valence-electron chi connectivity index (χ1n) is 7.19. The van der Waals surface area contributed by atoms with Crippen LogP contribution >= 0.6 is 0 Å². The lowest BCUT2D eigenvalue weighted by atomic mass is 10.1. The lowest BCUT2D eigenvalue weighted by molar-refractivity contribution is 0.0528. The average Bonchev–Trinajstić information content (AvgIpc) is 2.36. The summed E-state index contributed by atoms with van der Waals surface area (Å²) in [7, 11) is 1.67. The zero-order chi connectivity index (χ0) is 16.0. The molecule has 1 rings (SSSR count). The predicted octanol–water partition coefficient (Wildman–Crippen LogP) is 2.13. The molecule has 0 bridgehead atoms. The molecule has 3 N–H and O–H groups in total. The van der Waals surface area contributed by atoms with Crippen molar-refractivity contribution in [1.82, 2.24) is 10.2 Å². The molecule has 0 aliphatic carbocycles. The minimum absolute atomic E-state index is 0.0376. The van der Waals surface area contributed by atoms with Crippen LogP contribution < -0.4 is 5.32 Å². The topological polar surface area (TPSA) is 72.8 Å². The Morgan fingerprint density at radius 3 is 2.43 bits per heavy atom. The number of phenolic OH excluding ortho intramolecular Hbond substituents is 1. The predicted molar refractivity (Wildman–Crippen MR) is 83.3 cm³/mol. The van der Waals surface area contributed by atoms with Crippen molar-refractivity contribution in [2.45, 2.75) is 45.3 Å². The number of nitrogens with zero attached hydrogens (tertiary/aromatic N) is 1. The highest BCUT2D eigenvalue weighted by Gasteiger charge is 2.20. The van der Waals surface area contributed by atoms with Gasteiger partial charge in [-0.25, -0.2) is 4.79 Å². The molecule has 0 saturated carbocycles. The fraction of sp³-hybridized carbons (Fsp3) is 0.562. The molecule has 0 saturated heterocycles. The maximum absolute atomic E-state index is 12.0. The number of urea groups is 1. The summed E-state index contributed by atoms with van der Waals surface area (Å²) in [6.45, 7) is 5.58. The van der Waals surface area contributed by atoms with Crippen LogP contribution in [0.3, 0.4) is 0 Å². The van der Waals surface area contributed by atoms with Crippen LogP contribution in [0.2, 0.25) is 0 Å². The Hall–Kier alpha value is -1.75. The smallest absolute Gasteiger partial charge is 0.317 e. The second-order valence-corrected chi connectivity index (χ2v) is 6.22. The number of phenols is 1. The minimum atomic E-state index is -0.901. The second kappa shape index (κ2) is 7.31. The third-order valence-corrected chi connectivity index (χ3v) is 3.14. The highest BCUT2D eigenvalue weighted by Crippen LogP contribution is 2.12. The lowest BCUT2D eigenvalue weighted by Gasteiger charge is -2.27. The zero-order valence-electron chi connectivity index (χ0n) is 13.3. The summed E-state index contributed by atoms with van der Waals surface area (Å²) in [6, 6.07) is 6.94. The molecular formula is C16H26N2O3. The van der Waals surface area contributed by atoms with Crippen LogP contribution in [-0.4, -0.2) is 46.4 Å². The van der Waals surface area contributed by atoms with Gasteiger partial charge in [0.25, 0.3) is 0 Å². The first-order valence-corrected chi connectivity index (χ1v) is 7.19. The third-order valence-electron chi connectivity index (χ3n) is 3.14. The number of amides is 2. The molecule has 0 spiro atoms. The molecule has 0 aliphatic heterocycles. The van der Waals surface area contributed by atoms with E-state index in [0.717, 1.165) is 18.4 Å². The van der Waals surface area contributed by atoms with Crippen LogP contribution in [0, 0.1) is 0 Å². The number of rotatable bonds is 6. The summed E-state index contributed by atoms with van der Waals surface area (Å²) < 4.78 is 0. The molecule has 0 aromatic heterocycles. The molecule has 118 valence electrons. The van der Waals surface area contributed by atoms with E-state index in [1.54, 1.807) is 33.0 Å². The Bertz CT molecular complexity index is 452. The SMILES string of the molecule is CC(CCc1ccc(O)cc1)NC(=O)N(C)CC(C)(C)O. The van der Waals surface area contributed by atoms with E-state index < -0.39 is 5.60 Å². The van der Waals surface area contributed by atoms with E-state index in [1.807, 2.05) is 19.1 Å². The molecule has 0 aliphatic rings. The van der Waals surface area contributed by atoms with Gasteiger partial charge >= 0.3 is 6.03 Å². The molecule has 0 heterocycles.